The molecule has 0 saturated heterocycles. The number of nitrogens with zero attached hydrogens (tertiary/aromatic N) is 1. The number of rotatable bonds is 6. The Morgan fingerprint density at radius 3 is 2.89 bits per heavy atom. The topological polar surface area (TPSA) is 61.8 Å². The quantitative estimate of drug-likeness (QED) is 0.779. The molecule has 2 N–H and O–H groups in total. The standard InChI is InChI=1S/C14H20N2O3/c1-19-7-5-16(4-6-17)14(18)11-2-3-12-9-15-10-13(12)8-11/h2-3,8,15,17H,4-7,9-10H2,1H3. The van der Waals surface area contributed by atoms with Crippen LogP contribution in [0.3, 0.4) is 0 Å². The predicted octanol–water partition coefficient (Wildman–Crippen LogP) is 0.371. The van der Waals surface area contributed by atoms with Gasteiger partial charge >= 0.3 is 0 Å². The van der Waals surface area contributed by atoms with Crippen LogP contribution >= 0.6 is 0 Å². The highest BCUT2D eigenvalue weighted by molar-refractivity contribution is 5.94. The zero-order valence-corrected chi connectivity index (χ0v) is 11.2. The third kappa shape index (κ3) is 3.32. The second-order valence-electron chi connectivity index (χ2n) is 4.60. The maximum atomic E-state index is 12.4. The number of benzene rings is 1. The minimum Gasteiger partial charge on any atom is -0.395 e. The van der Waals surface area contributed by atoms with Crippen molar-refractivity contribution in [1.29, 1.82) is 0 Å². The van der Waals surface area contributed by atoms with Crippen LogP contribution in [0.4, 0.5) is 0 Å². The first kappa shape index (κ1) is 14.0. The Morgan fingerprint density at radius 1 is 1.37 bits per heavy atom. The maximum Gasteiger partial charge on any atom is 0.254 e. The molecule has 0 unspecified atom stereocenters. The molecule has 19 heavy (non-hydrogen) atoms. The van der Waals surface area contributed by atoms with Crippen molar-refractivity contribution >= 4 is 5.91 Å². The van der Waals surface area contributed by atoms with Crippen molar-refractivity contribution in [2.24, 2.45) is 0 Å². The number of ether oxygens (including phenoxy) is 1. The average Bonchev–Trinajstić information content (AvgIpc) is 2.90. The molecule has 0 atom stereocenters. The lowest BCUT2D eigenvalue weighted by Crippen LogP contribution is -2.36. The number of carbonyl (C=O) groups excluding carboxylic acids is 1. The van der Waals surface area contributed by atoms with E-state index in [2.05, 4.69) is 5.32 Å². The Kier molecular flexibility index (Phi) is 4.90. The molecule has 0 spiro atoms. The summed E-state index contributed by atoms with van der Waals surface area (Å²) >= 11 is 0. The third-order valence-corrected chi connectivity index (χ3v) is 3.31. The summed E-state index contributed by atoms with van der Waals surface area (Å²) in [7, 11) is 1.60. The van der Waals surface area contributed by atoms with Crippen molar-refractivity contribution in [3.8, 4) is 0 Å². The second-order valence-corrected chi connectivity index (χ2v) is 4.60. The van der Waals surface area contributed by atoms with Gasteiger partial charge in [0.2, 0.25) is 0 Å². The average molecular weight is 264 g/mol. The summed E-state index contributed by atoms with van der Waals surface area (Å²) in [5, 5.41) is 12.3. The number of hydrogen-bond acceptors (Lipinski definition) is 4. The molecule has 5 heteroatoms. The number of aliphatic hydroxyl groups excluding tert-OH is 1. The Labute approximate surface area is 113 Å². The second kappa shape index (κ2) is 6.65. The smallest absolute Gasteiger partial charge is 0.254 e. The van der Waals surface area contributed by atoms with Crippen molar-refractivity contribution < 1.29 is 14.6 Å². The SMILES string of the molecule is COCCN(CCO)C(=O)c1ccc2c(c1)CNC2. The number of nitrogens with one attached hydrogen (secondary N) is 1. The Morgan fingerprint density at radius 2 is 2.16 bits per heavy atom. The van der Waals surface area contributed by atoms with Crippen LogP contribution in [0.15, 0.2) is 18.2 Å². The van der Waals surface area contributed by atoms with Crippen LogP contribution in [0, 0.1) is 0 Å². The van der Waals surface area contributed by atoms with E-state index in [1.165, 1.54) is 11.1 Å². The van der Waals surface area contributed by atoms with E-state index in [4.69, 9.17) is 9.84 Å². The van der Waals surface area contributed by atoms with Gasteiger partial charge in [-0.15, -0.1) is 0 Å². The molecule has 0 aliphatic carbocycles. The van der Waals surface area contributed by atoms with Crippen molar-refractivity contribution in [3.05, 3.63) is 34.9 Å². The lowest BCUT2D eigenvalue weighted by molar-refractivity contribution is 0.0656. The molecule has 1 aromatic carbocycles. The summed E-state index contributed by atoms with van der Waals surface area (Å²) in [6.07, 6.45) is 0. The monoisotopic (exact) mass is 264 g/mol. The van der Waals surface area contributed by atoms with Gasteiger partial charge in [-0.2, -0.15) is 0 Å². The van der Waals surface area contributed by atoms with Crippen LogP contribution in [0.1, 0.15) is 21.5 Å². The van der Waals surface area contributed by atoms with Crippen LogP contribution in [-0.4, -0.2) is 49.3 Å². The summed E-state index contributed by atoms with van der Waals surface area (Å²) in [5.74, 6) is -0.0548. The molecule has 1 aromatic rings. The van der Waals surface area contributed by atoms with Crippen molar-refractivity contribution in [2.75, 3.05) is 33.4 Å². The molecule has 0 aromatic heterocycles. The number of hydrogen-bond donors (Lipinski definition) is 2. The largest absolute Gasteiger partial charge is 0.395 e. The van der Waals surface area contributed by atoms with E-state index in [1.54, 1.807) is 12.0 Å². The van der Waals surface area contributed by atoms with Crippen LogP contribution in [0.5, 0.6) is 0 Å². The first-order valence-electron chi connectivity index (χ1n) is 6.48. The van der Waals surface area contributed by atoms with Crippen LogP contribution in [0.25, 0.3) is 0 Å². The highest BCUT2D eigenvalue weighted by Crippen LogP contribution is 2.18. The number of fused-ring (bicyclic) bond motifs is 1. The van der Waals surface area contributed by atoms with E-state index < -0.39 is 0 Å². The normalized spacial score (nSPS) is 13.4. The molecule has 1 aliphatic rings. The molecule has 104 valence electrons. The molecule has 1 heterocycles. The summed E-state index contributed by atoms with van der Waals surface area (Å²) in [6, 6.07) is 5.79. The molecule has 0 fully saturated rings. The van der Waals surface area contributed by atoms with E-state index in [1.807, 2.05) is 18.2 Å². The van der Waals surface area contributed by atoms with Crippen molar-refractivity contribution in [1.82, 2.24) is 10.2 Å². The lowest BCUT2D eigenvalue weighted by atomic mass is 10.1. The first-order valence-corrected chi connectivity index (χ1v) is 6.48. The Bertz CT molecular complexity index is 448. The number of carbonyl (C=O) groups is 1. The lowest BCUT2D eigenvalue weighted by Gasteiger charge is -2.21. The molecule has 0 bridgehead atoms. The van der Waals surface area contributed by atoms with E-state index >= 15 is 0 Å². The van der Waals surface area contributed by atoms with Gasteiger partial charge in [-0.25, -0.2) is 0 Å². The van der Waals surface area contributed by atoms with Gasteiger partial charge in [0.05, 0.1) is 13.2 Å². The van der Waals surface area contributed by atoms with Crippen molar-refractivity contribution in [2.45, 2.75) is 13.1 Å². The summed E-state index contributed by atoms with van der Waals surface area (Å²) in [6.45, 7) is 2.94. The van der Waals surface area contributed by atoms with Gasteiger partial charge in [0, 0.05) is 38.9 Å². The molecular formula is C14H20N2O3. The molecule has 5 nitrogen and oxygen atoms in total. The maximum absolute atomic E-state index is 12.4. The van der Waals surface area contributed by atoms with Gasteiger partial charge in [0.15, 0.2) is 0 Å². The third-order valence-electron chi connectivity index (χ3n) is 3.31. The minimum atomic E-state index is -0.0548. The molecule has 1 aliphatic heterocycles. The number of amides is 1. The van der Waals surface area contributed by atoms with Crippen LogP contribution in [-0.2, 0) is 17.8 Å². The first-order chi connectivity index (χ1) is 9.26. The van der Waals surface area contributed by atoms with E-state index in [9.17, 15) is 4.79 Å². The predicted molar refractivity (Wildman–Crippen MR) is 71.9 cm³/mol. The van der Waals surface area contributed by atoms with Crippen LogP contribution in [0.2, 0.25) is 0 Å². The van der Waals surface area contributed by atoms with Gasteiger partial charge < -0.3 is 20.1 Å². The summed E-state index contributed by atoms with van der Waals surface area (Å²) in [4.78, 5) is 14.0. The highest BCUT2D eigenvalue weighted by atomic mass is 16.5. The fourth-order valence-corrected chi connectivity index (χ4v) is 2.25. The zero-order chi connectivity index (χ0) is 13.7. The van der Waals surface area contributed by atoms with Gasteiger partial charge in [0.25, 0.3) is 5.91 Å². The fraction of sp³-hybridized carbons (Fsp3) is 0.500. The zero-order valence-electron chi connectivity index (χ0n) is 11.2. The minimum absolute atomic E-state index is 0.0397. The highest BCUT2D eigenvalue weighted by Gasteiger charge is 2.18. The van der Waals surface area contributed by atoms with Gasteiger partial charge in [0.1, 0.15) is 0 Å². The molecule has 0 radical (unpaired) electrons. The summed E-state index contributed by atoms with van der Waals surface area (Å²) in [5.41, 5.74) is 3.11. The Balaban J connectivity index is 2.11. The van der Waals surface area contributed by atoms with Crippen molar-refractivity contribution in [3.63, 3.8) is 0 Å². The van der Waals surface area contributed by atoms with E-state index in [0.717, 1.165) is 13.1 Å². The molecular weight excluding hydrogens is 244 g/mol. The van der Waals surface area contributed by atoms with Gasteiger partial charge in [-0.1, -0.05) is 6.07 Å². The van der Waals surface area contributed by atoms with E-state index in [0.29, 0.717) is 25.3 Å². The molecule has 1 amide bonds. The molecule has 2 rings (SSSR count). The van der Waals surface area contributed by atoms with Gasteiger partial charge in [-0.05, 0) is 23.3 Å². The Hall–Kier alpha value is -1.43. The van der Waals surface area contributed by atoms with E-state index in [-0.39, 0.29) is 12.5 Å². The summed E-state index contributed by atoms with van der Waals surface area (Å²) < 4.78 is 4.99. The number of aliphatic hydroxyl groups is 1. The van der Waals surface area contributed by atoms with Gasteiger partial charge in [-0.3, -0.25) is 4.79 Å². The number of methoxy groups -OCH3 is 1. The van der Waals surface area contributed by atoms with Crippen LogP contribution < -0.4 is 5.32 Å². The fourth-order valence-electron chi connectivity index (χ4n) is 2.25. The molecule has 0 saturated carbocycles.